The van der Waals surface area contributed by atoms with Gasteiger partial charge in [0.2, 0.25) is 0 Å². The Bertz CT molecular complexity index is 1120. The highest BCUT2D eigenvalue weighted by molar-refractivity contribution is 6.06. The number of carbonyl (C=O) groups is 2. The standard InChI is InChI=1S/C23H26N6O3/c1-27-8-10-28(11-9-27)22(30)17-14-20(25-18-5-3-2-4-16(17)18)21-15-29(12-13-32-21)23(31)19-6-7-24-26-19/h2-7,14,21H,8-13,15H2,1H3,(H,24,26). The number of morpholine rings is 1. The minimum absolute atomic E-state index is 0.0131. The summed E-state index contributed by atoms with van der Waals surface area (Å²) < 4.78 is 5.99. The van der Waals surface area contributed by atoms with Crippen LogP contribution < -0.4 is 0 Å². The zero-order chi connectivity index (χ0) is 22.1. The largest absolute Gasteiger partial charge is 0.368 e. The van der Waals surface area contributed by atoms with E-state index in [4.69, 9.17) is 9.72 Å². The van der Waals surface area contributed by atoms with Gasteiger partial charge in [-0.1, -0.05) is 18.2 Å². The number of benzene rings is 1. The maximum absolute atomic E-state index is 13.4. The Morgan fingerprint density at radius 2 is 1.84 bits per heavy atom. The van der Waals surface area contributed by atoms with Gasteiger partial charge in [-0.25, -0.2) is 4.98 Å². The number of fused-ring (bicyclic) bond motifs is 1. The topological polar surface area (TPSA) is 94.7 Å². The van der Waals surface area contributed by atoms with E-state index in [2.05, 4.69) is 22.1 Å². The number of hydrogen-bond donors (Lipinski definition) is 1. The van der Waals surface area contributed by atoms with E-state index in [1.165, 1.54) is 0 Å². The first kappa shape index (κ1) is 20.6. The van der Waals surface area contributed by atoms with Crippen LogP contribution in [0.3, 0.4) is 0 Å². The van der Waals surface area contributed by atoms with Gasteiger partial charge in [-0.3, -0.25) is 14.7 Å². The normalized spacial score (nSPS) is 20.0. The van der Waals surface area contributed by atoms with Crippen molar-refractivity contribution in [2.24, 2.45) is 0 Å². The van der Waals surface area contributed by atoms with Gasteiger partial charge >= 0.3 is 0 Å². The van der Waals surface area contributed by atoms with Crippen LogP contribution in [0, 0.1) is 0 Å². The fraction of sp³-hybridized carbons (Fsp3) is 0.391. The fourth-order valence-electron chi connectivity index (χ4n) is 4.28. The molecule has 2 aromatic heterocycles. The summed E-state index contributed by atoms with van der Waals surface area (Å²) in [6.07, 6.45) is 1.16. The third-order valence-electron chi connectivity index (χ3n) is 6.17. The number of carbonyl (C=O) groups excluding carboxylic acids is 2. The van der Waals surface area contributed by atoms with Crippen molar-refractivity contribution >= 4 is 22.7 Å². The average molecular weight is 435 g/mol. The van der Waals surface area contributed by atoms with E-state index >= 15 is 0 Å². The first-order valence-electron chi connectivity index (χ1n) is 10.9. The first-order chi connectivity index (χ1) is 15.6. The van der Waals surface area contributed by atoms with Crippen molar-refractivity contribution in [3.05, 3.63) is 59.5 Å². The Hall–Kier alpha value is -3.30. The molecule has 0 radical (unpaired) electrons. The SMILES string of the molecule is CN1CCN(C(=O)c2cc(C3CN(C(=O)c4ccn[nH]4)CCO3)nc3ccccc23)CC1. The lowest BCUT2D eigenvalue weighted by atomic mass is 10.0. The minimum atomic E-state index is -0.403. The summed E-state index contributed by atoms with van der Waals surface area (Å²) in [7, 11) is 2.07. The Morgan fingerprint density at radius 1 is 1.03 bits per heavy atom. The Labute approximate surface area is 186 Å². The summed E-state index contributed by atoms with van der Waals surface area (Å²) in [5.41, 5.74) is 2.50. The molecule has 32 heavy (non-hydrogen) atoms. The number of nitrogens with one attached hydrogen (secondary N) is 1. The maximum Gasteiger partial charge on any atom is 0.272 e. The van der Waals surface area contributed by atoms with Gasteiger partial charge in [0.25, 0.3) is 11.8 Å². The van der Waals surface area contributed by atoms with Crippen LogP contribution in [0.25, 0.3) is 10.9 Å². The lowest BCUT2D eigenvalue weighted by Gasteiger charge is -2.34. The van der Waals surface area contributed by atoms with Crippen LogP contribution in [0.1, 0.15) is 32.6 Å². The quantitative estimate of drug-likeness (QED) is 0.672. The second-order valence-corrected chi connectivity index (χ2v) is 8.29. The van der Waals surface area contributed by atoms with E-state index < -0.39 is 6.10 Å². The molecule has 0 saturated carbocycles. The van der Waals surface area contributed by atoms with Crippen molar-refractivity contribution in [3.63, 3.8) is 0 Å². The second kappa shape index (κ2) is 8.68. The number of hydrogen-bond acceptors (Lipinski definition) is 6. The zero-order valence-corrected chi connectivity index (χ0v) is 18.0. The smallest absolute Gasteiger partial charge is 0.272 e. The molecule has 4 heterocycles. The van der Waals surface area contributed by atoms with Gasteiger partial charge in [0, 0.05) is 44.3 Å². The van der Waals surface area contributed by atoms with Gasteiger partial charge in [0.1, 0.15) is 11.8 Å². The molecule has 0 bridgehead atoms. The van der Waals surface area contributed by atoms with Gasteiger partial charge < -0.3 is 19.4 Å². The Kier molecular flexibility index (Phi) is 5.59. The highest BCUT2D eigenvalue weighted by Gasteiger charge is 2.30. The number of para-hydroxylation sites is 1. The van der Waals surface area contributed by atoms with Crippen molar-refractivity contribution in [1.82, 2.24) is 29.9 Å². The third kappa shape index (κ3) is 3.96. The van der Waals surface area contributed by atoms with Crippen molar-refractivity contribution in [2.75, 3.05) is 52.9 Å². The molecule has 1 unspecified atom stereocenters. The van der Waals surface area contributed by atoms with Crippen molar-refractivity contribution in [2.45, 2.75) is 6.10 Å². The van der Waals surface area contributed by atoms with Gasteiger partial charge in [0.05, 0.1) is 29.9 Å². The highest BCUT2D eigenvalue weighted by Crippen LogP contribution is 2.27. The number of rotatable bonds is 3. The van der Waals surface area contributed by atoms with Gasteiger partial charge in [-0.05, 0) is 25.2 Å². The van der Waals surface area contributed by atoms with Crippen molar-refractivity contribution in [1.29, 1.82) is 0 Å². The summed E-state index contributed by atoms with van der Waals surface area (Å²) in [5.74, 6) is -0.107. The van der Waals surface area contributed by atoms with Crippen LogP contribution in [0.5, 0.6) is 0 Å². The number of H-pyrrole nitrogens is 1. The summed E-state index contributed by atoms with van der Waals surface area (Å²) in [5, 5.41) is 7.43. The second-order valence-electron chi connectivity index (χ2n) is 8.29. The van der Waals surface area contributed by atoms with Crippen LogP contribution in [-0.4, -0.2) is 94.6 Å². The van der Waals surface area contributed by atoms with Gasteiger partial charge in [0.15, 0.2) is 0 Å². The van der Waals surface area contributed by atoms with E-state index in [0.717, 1.165) is 24.0 Å². The number of pyridine rings is 1. The summed E-state index contributed by atoms with van der Waals surface area (Å²) in [6.45, 7) is 4.39. The number of ether oxygens (including phenoxy) is 1. The predicted molar refractivity (Wildman–Crippen MR) is 118 cm³/mol. The van der Waals surface area contributed by atoms with Crippen LogP contribution in [-0.2, 0) is 4.74 Å². The molecule has 166 valence electrons. The predicted octanol–water partition coefficient (Wildman–Crippen LogP) is 1.56. The monoisotopic (exact) mass is 434 g/mol. The van der Waals surface area contributed by atoms with Gasteiger partial charge in [-0.15, -0.1) is 0 Å². The number of nitrogens with zero attached hydrogens (tertiary/aromatic N) is 5. The Morgan fingerprint density at radius 3 is 2.62 bits per heavy atom. The molecule has 3 aromatic rings. The lowest BCUT2D eigenvalue weighted by Crippen LogP contribution is -2.47. The maximum atomic E-state index is 13.4. The molecule has 2 fully saturated rings. The molecule has 0 aliphatic carbocycles. The molecule has 9 heteroatoms. The molecule has 2 aliphatic heterocycles. The summed E-state index contributed by atoms with van der Waals surface area (Å²) >= 11 is 0. The number of piperazine rings is 1. The molecule has 5 rings (SSSR count). The van der Waals surface area contributed by atoms with Crippen molar-refractivity contribution < 1.29 is 14.3 Å². The van der Waals surface area contributed by atoms with Gasteiger partial charge in [-0.2, -0.15) is 5.10 Å². The van der Waals surface area contributed by atoms with E-state index in [-0.39, 0.29) is 11.8 Å². The molecule has 2 saturated heterocycles. The molecule has 9 nitrogen and oxygen atoms in total. The average Bonchev–Trinajstić information content (AvgIpc) is 3.38. The molecule has 1 N–H and O–H groups in total. The molecular weight excluding hydrogens is 408 g/mol. The molecule has 1 aromatic carbocycles. The number of aromatic nitrogens is 3. The summed E-state index contributed by atoms with van der Waals surface area (Å²) in [4.78, 5) is 36.9. The number of likely N-dealkylation sites (N-methyl/N-ethyl adjacent to an activating group) is 1. The van der Waals surface area contributed by atoms with Crippen LogP contribution in [0.4, 0.5) is 0 Å². The molecule has 2 amide bonds. The van der Waals surface area contributed by atoms with Crippen LogP contribution in [0.15, 0.2) is 42.6 Å². The Balaban J connectivity index is 1.45. The molecule has 1 atom stereocenters. The van der Waals surface area contributed by atoms with E-state index in [1.807, 2.05) is 35.2 Å². The zero-order valence-electron chi connectivity index (χ0n) is 18.0. The number of aromatic amines is 1. The molecular formula is C23H26N6O3. The fourth-order valence-corrected chi connectivity index (χ4v) is 4.28. The lowest BCUT2D eigenvalue weighted by molar-refractivity contribution is -0.0248. The number of amides is 2. The van der Waals surface area contributed by atoms with E-state index in [9.17, 15) is 9.59 Å². The third-order valence-corrected chi connectivity index (χ3v) is 6.17. The summed E-state index contributed by atoms with van der Waals surface area (Å²) in [6, 6.07) is 11.2. The van der Waals surface area contributed by atoms with Crippen molar-refractivity contribution in [3.8, 4) is 0 Å². The molecule has 2 aliphatic rings. The first-order valence-corrected chi connectivity index (χ1v) is 10.9. The van der Waals surface area contributed by atoms with E-state index in [0.29, 0.717) is 49.7 Å². The van der Waals surface area contributed by atoms with E-state index in [1.54, 1.807) is 17.2 Å². The molecule has 0 spiro atoms. The minimum Gasteiger partial charge on any atom is -0.368 e. The highest BCUT2D eigenvalue weighted by atomic mass is 16.5. The van der Waals surface area contributed by atoms with Crippen LogP contribution in [0.2, 0.25) is 0 Å². The van der Waals surface area contributed by atoms with Crippen LogP contribution >= 0.6 is 0 Å².